The zero-order valence-electron chi connectivity index (χ0n) is 13.5. The lowest BCUT2D eigenvalue weighted by atomic mass is 10.2. The predicted molar refractivity (Wildman–Crippen MR) is 86.6 cm³/mol. The van der Waals surface area contributed by atoms with Crippen molar-refractivity contribution in [2.45, 2.75) is 44.4 Å². The highest BCUT2D eigenvalue weighted by Gasteiger charge is 2.43. The highest BCUT2D eigenvalue weighted by atomic mass is 32.2. The third-order valence-corrected chi connectivity index (χ3v) is 4.92. The number of hydrogen-bond acceptors (Lipinski definition) is 4. The molecule has 0 heterocycles. The third-order valence-electron chi connectivity index (χ3n) is 3.11. The van der Waals surface area contributed by atoms with E-state index in [4.69, 9.17) is 9.47 Å². The van der Waals surface area contributed by atoms with Gasteiger partial charge in [-0.15, -0.1) is 0 Å². The van der Waals surface area contributed by atoms with E-state index >= 15 is 0 Å². The van der Waals surface area contributed by atoms with Crippen molar-refractivity contribution in [3.8, 4) is 0 Å². The molecule has 0 aliphatic carbocycles. The molecule has 5 nitrogen and oxygen atoms in total. The summed E-state index contributed by atoms with van der Waals surface area (Å²) in [4.78, 5) is 0.176. The molecule has 0 N–H and O–H groups in total. The molecule has 0 aromatic heterocycles. The number of nitrogens with zero attached hydrogens (tertiary/aromatic N) is 1. The van der Waals surface area contributed by atoms with Gasteiger partial charge in [0.2, 0.25) is 0 Å². The summed E-state index contributed by atoms with van der Waals surface area (Å²) in [6.45, 7) is 9.87. The van der Waals surface area contributed by atoms with Crippen LogP contribution in [0.1, 0.15) is 33.6 Å². The fraction of sp³-hybridized carbons (Fsp3) is 0.500. The van der Waals surface area contributed by atoms with Gasteiger partial charge in [0.05, 0.1) is 4.90 Å². The first-order valence-corrected chi connectivity index (χ1v) is 8.92. The Balaban J connectivity index is 3.37. The first kappa shape index (κ1) is 18.7. The SMILES string of the molecule is C=CN(C(CCC)(OCC)OCC)S(=O)(=O)c1ccccc1. The third kappa shape index (κ3) is 3.88. The van der Waals surface area contributed by atoms with Crippen LogP contribution in [0.3, 0.4) is 0 Å². The lowest BCUT2D eigenvalue weighted by Crippen LogP contribution is -2.52. The van der Waals surface area contributed by atoms with Crippen LogP contribution in [0, 0.1) is 0 Å². The molecule has 0 unspecified atom stereocenters. The Morgan fingerprint density at radius 2 is 1.68 bits per heavy atom. The summed E-state index contributed by atoms with van der Waals surface area (Å²) in [5, 5.41) is 0. The van der Waals surface area contributed by atoms with E-state index in [9.17, 15) is 8.42 Å². The van der Waals surface area contributed by atoms with Gasteiger partial charge in [-0.25, -0.2) is 12.7 Å². The summed E-state index contributed by atoms with van der Waals surface area (Å²) in [5.41, 5.74) is 0. The van der Waals surface area contributed by atoms with E-state index in [1.54, 1.807) is 44.2 Å². The second-order valence-electron chi connectivity index (χ2n) is 4.63. The Morgan fingerprint density at radius 1 is 1.14 bits per heavy atom. The maximum Gasteiger partial charge on any atom is 0.268 e. The molecule has 124 valence electrons. The lowest BCUT2D eigenvalue weighted by Gasteiger charge is -2.40. The van der Waals surface area contributed by atoms with Crippen LogP contribution in [0.2, 0.25) is 0 Å². The average Bonchev–Trinajstić information content (AvgIpc) is 2.49. The van der Waals surface area contributed by atoms with Gasteiger partial charge < -0.3 is 9.47 Å². The highest BCUT2D eigenvalue weighted by Crippen LogP contribution is 2.31. The first-order valence-electron chi connectivity index (χ1n) is 7.48. The van der Waals surface area contributed by atoms with Crippen molar-refractivity contribution >= 4 is 10.0 Å². The van der Waals surface area contributed by atoms with Crippen molar-refractivity contribution in [2.75, 3.05) is 13.2 Å². The van der Waals surface area contributed by atoms with Crippen LogP contribution in [0.15, 0.2) is 48.0 Å². The molecule has 1 aromatic carbocycles. The fourth-order valence-corrected chi connectivity index (χ4v) is 3.80. The molecular weight excluding hydrogens is 302 g/mol. The Hall–Kier alpha value is -1.37. The lowest BCUT2D eigenvalue weighted by molar-refractivity contribution is -0.284. The Morgan fingerprint density at radius 3 is 2.09 bits per heavy atom. The number of benzene rings is 1. The molecule has 0 aliphatic rings. The molecule has 0 spiro atoms. The molecule has 0 fully saturated rings. The molecule has 0 atom stereocenters. The topological polar surface area (TPSA) is 55.8 Å². The minimum absolute atomic E-state index is 0.176. The van der Waals surface area contributed by atoms with Gasteiger partial charge >= 0.3 is 0 Å². The molecule has 0 saturated carbocycles. The second-order valence-corrected chi connectivity index (χ2v) is 6.44. The smallest absolute Gasteiger partial charge is 0.268 e. The van der Waals surface area contributed by atoms with Crippen LogP contribution in [0.4, 0.5) is 0 Å². The van der Waals surface area contributed by atoms with E-state index in [1.807, 2.05) is 6.92 Å². The minimum atomic E-state index is -3.81. The van der Waals surface area contributed by atoms with E-state index in [0.717, 1.165) is 4.31 Å². The van der Waals surface area contributed by atoms with E-state index in [0.29, 0.717) is 26.1 Å². The van der Waals surface area contributed by atoms with Crippen molar-refractivity contribution < 1.29 is 17.9 Å². The van der Waals surface area contributed by atoms with Crippen LogP contribution < -0.4 is 0 Å². The maximum atomic E-state index is 12.9. The summed E-state index contributed by atoms with van der Waals surface area (Å²) >= 11 is 0. The van der Waals surface area contributed by atoms with Gasteiger partial charge in [0.15, 0.2) is 0 Å². The molecule has 1 rings (SSSR count). The molecule has 0 bridgehead atoms. The van der Waals surface area contributed by atoms with Gasteiger partial charge in [-0.05, 0) is 32.4 Å². The van der Waals surface area contributed by atoms with Gasteiger partial charge in [-0.1, -0.05) is 31.7 Å². The highest BCUT2D eigenvalue weighted by molar-refractivity contribution is 7.89. The van der Waals surface area contributed by atoms with E-state index < -0.39 is 15.9 Å². The molecule has 6 heteroatoms. The van der Waals surface area contributed by atoms with Crippen LogP contribution in [0.5, 0.6) is 0 Å². The van der Waals surface area contributed by atoms with Crippen LogP contribution >= 0.6 is 0 Å². The number of hydrogen-bond donors (Lipinski definition) is 0. The predicted octanol–water partition coefficient (Wildman–Crippen LogP) is 3.35. The Kier molecular flexibility index (Phi) is 7.06. The molecule has 0 radical (unpaired) electrons. The van der Waals surface area contributed by atoms with Gasteiger partial charge in [-0.3, -0.25) is 0 Å². The summed E-state index contributed by atoms with van der Waals surface area (Å²) in [7, 11) is -3.81. The van der Waals surface area contributed by atoms with Gasteiger partial charge in [0, 0.05) is 25.8 Å². The van der Waals surface area contributed by atoms with E-state index in [-0.39, 0.29) is 4.90 Å². The number of ether oxygens (including phenoxy) is 2. The van der Waals surface area contributed by atoms with Gasteiger partial charge in [0.1, 0.15) is 0 Å². The molecule has 0 aliphatic heterocycles. The van der Waals surface area contributed by atoms with Gasteiger partial charge in [0.25, 0.3) is 15.9 Å². The normalized spacial score (nSPS) is 12.1. The molecule has 0 saturated heterocycles. The van der Waals surface area contributed by atoms with Crippen molar-refractivity contribution in [1.82, 2.24) is 4.31 Å². The van der Waals surface area contributed by atoms with Crippen LogP contribution in [-0.2, 0) is 19.5 Å². The quantitative estimate of drug-likeness (QED) is 0.618. The van der Waals surface area contributed by atoms with Crippen LogP contribution in [-0.4, -0.2) is 31.8 Å². The first-order chi connectivity index (χ1) is 10.5. The van der Waals surface area contributed by atoms with Crippen molar-refractivity contribution in [2.24, 2.45) is 0 Å². The van der Waals surface area contributed by atoms with Crippen LogP contribution in [0.25, 0.3) is 0 Å². The Bertz CT molecular complexity index is 540. The maximum absolute atomic E-state index is 12.9. The number of rotatable bonds is 10. The molecular formula is C16H25NO4S. The standard InChI is InChI=1S/C16H25NO4S/c1-5-14-16(20-7-3,21-8-4)17(6-2)22(18,19)15-12-10-9-11-13-15/h6,9-13H,2,5,7-8,14H2,1,3-4H3. The monoisotopic (exact) mass is 327 g/mol. The summed E-state index contributed by atoms with van der Waals surface area (Å²) in [6.07, 6.45) is 2.37. The summed E-state index contributed by atoms with van der Waals surface area (Å²) in [6, 6.07) is 8.20. The van der Waals surface area contributed by atoms with Gasteiger partial charge in [-0.2, -0.15) is 0 Å². The van der Waals surface area contributed by atoms with E-state index in [2.05, 4.69) is 6.58 Å². The summed E-state index contributed by atoms with van der Waals surface area (Å²) in [5.74, 6) is -1.37. The summed E-state index contributed by atoms with van der Waals surface area (Å²) < 4.78 is 38.4. The largest absolute Gasteiger partial charge is 0.332 e. The number of sulfonamides is 1. The van der Waals surface area contributed by atoms with Crippen molar-refractivity contribution in [1.29, 1.82) is 0 Å². The van der Waals surface area contributed by atoms with E-state index in [1.165, 1.54) is 6.20 Å². The zero-order chi connectivity index (χ0) is 16.6. The second kappa shape index (κ2) is 8.31. The van der Waals surface area contributed by atoms with Crippen molar-refractivity contribution in [3.05, 3.63) is 43.1 Å². The molecule has 22 heavy (non-hydrogen) atoms. The molecule has 1 aromatic rings. The average molecular weight is 327 g/mol. The Labute approximate surface area is 133 Å². The zero-order valence-corrected chi connectivity index (χ0v) is 14.3. The fourth-order valence-electron chi connectivity index (χ4n) is 2.32. The minimum Gasteiger partial charge on any atom is -0.332 e. The van der Waals surface area contributed by atoms with Crippen molar-refractivity contribution in [3.63, 3.8) is 0 Å². The molecule has 0 amide bonds.